The van der Waals surface area contributed by atoms with Crippen molar-refractivity contribution in [1.82, 2.24) is 15.1 Å². The Morgan fingerprint density at radius 2 is 2.05 bits per heavy atom. The van der Waals surface area contributed by atoms with Gasteiger partial charge in [-0.25, -0.2) is 4.39 Å². The van der Waals surface area contributed by atoms with E-state index in [1.165, 1.54) is 18.2 Å². The van der Waals surface area contributed by atoms with Crippen molar-refractivity contribution in [1.29, 1.82) is 0 Å². The minimum absolute atomic E-state index is 0.0873. The first kappa shape index (κ1) is 15.0. The number of halogens is 4. The van der Waals surface area contributed by atoms with E-state index < -0.39 is 23.6 Å². The topological polar surface area (TPSA) is 46.9 Å². The van der Waals surface area contributed by atoms with Crippen molar-refractivity contribution in [2.45, 2.75) is 19.3 Å². The molecule has 1 N–H and O–H groups in total. The molecule has 1 amide bonds. The lowest BCUT2D eigenvalue weighted by molar-refractivity contribution is -0.141. The average molecular weight is 301 g/mol. The number of hydrogen-bond donors (Lipinski definition) is 1. The maximum Gasteiger partial charge on any atom is 0.435 e. The summed E-state index contributed by atoms with van der Waals surface area (Å²) in [5.74, 6) is -0.945. The molecule has 112 valence electrons. The quantitative estimate of drug-likeness (QED) is 0.881. The zero-order chi connectivity index (χ0) is 15.5. The largest absolute Gasteiger partial charge is 0.435 e. The lowest BCUT2D eigenvalue weighted by Gasteiger charge is -2.06. The Morgan fingerprint density at radius 1 is 1.29 bits per heavy atom. The Labute approximate surface area is 117 Å². The van der Waals surface area contributed by atoms with Crippen LogP contribution < -0.4 is 5.32 Å². The molecule has 0 aliphatic heterocycles. The van der Waals surface area contributed by atoms with Gasteiger partial charge in [-0.2, -0.15) is 18.3 Å². The smallest absolute Gasteiger partial charge is 0.350 e. The lowest BCUT2D eigenvalue weighted by Crippen LogP contribution is -2.27. The molecule has 1 heterocycles. The summed E-state index contributed by atoms with van der Waals surface area (Å²) in [5.41, 5.74) is -0.500. The maximum atomic E-state index is 12.9. The molecule has 1 aromatic heterocycles. The van der Waals surface area contributed by atoms with E-state index in [1.807, 2.05) is 0 Å². The number of alkyl halides is 3. The molecule has 0 aliphatic carbocycles. The molecule has 2 rings (SSSR count). The third-order valence-corrected chi connectivity index (χ3v) is 2.62. The van der Waals surface area contributed by atoms with Gasteiger partial charge in [0.1, 0.15) is 12.4 Å². The van der Waals surface area contributed by atoms with E-state index in [-0.39, 0.29) is 13.1 Å². The van der Waals surface area contributed by atoms with E-state index in [0.717, 1.165) is 16.9 Å². The van der Waals surface area contributed by atoms with Crippen LogP contribution in [-0.4, -0.2) is 15.7 Å². The number of nitrogens with one attached hydrogen (secondary N) is 1. The van der Waals surface area contributed by atoms with Gasteiger partial charge in [-0.05, 0) is 23.8 Å². The van der Waals surface area contributed by atoms with Gasteiger partial charge in [0, 0.05) is 12.7 Å². The molecule has 2 aromatic rings. The van der Waals surface area contributed by atoms with E-state index in [2.05, 4.69) is 10.4 Å². The number of rotatable bonds is 4. The molecule has 21 heavy (non-hydrogen) atoms. The van der Waals surface area contributed by atoms with E-state index in [1.54, 1.807) is 6.07 Å². The van der Waals surface area contributed by atoms with E-state index in [0.29, 0.717) is 5.56 Å². The molecule has 8 heteroatoms. The summed E-state index contributed by atoms with van der Waals surface area (Å²) in [7, 11) is 0. The number of carbonyl (C=O) groups excluding carboxylic acids is 1. The molecule has 0 saturated heterocycles. The first-order valence-electron chi connectivity index (χ1n) is 5.96. The first-order chi connectivity index (χ1) is 9.84. The Hall–Kier alpha value is -2.38. The number of carbonyl (C=O) groups is 1. The fourth-order valence-electron chi connectivity index (χ4n) is 1.65. The molecular weight excluding hydrogens is 290 g/mol. The zero-order valence-electron chi connectivity index (χ0n) is 10.7. The Bertz CT molecular complexity index is 636. The monoisotopic (exact) mass is 301 g/mol. The van der Waals surface area contributed by atoms with Gasteiger partial charge in [-0.1, -0.05) is 12.1 Å². The maximum absolute atomic E-state index is 12.9. The summed E-state index contributed by atoms with van der Waals surface area (Å²) in [5, 5.41) is 5.74. The van der Waals surface area contributed by atoms with Crippen LogP contribution in [0.25, 0.3) is 0 Å². The predicted octanol–water partition coefficient (Wildman–Crippen LogP) is 2.36. The van der Waals surface area contributed by atoms with Crippen LogP contribution in [0.5, 0.6) is 0 Å². The second-order valence-corrected chi connectivity index (χ2v) is 4.30. The van der Waals surface area contributed by atoms with Crippen molar-refractivity contribution in [2.75, 3.05) is 0 Å². The Balaban J connectivity index is 1.89. The van der Waals surface area contributed by atoms with Crippen LogP contribution in [-0.2, 0) is 24.1 Å². The first-order valence-corrected chi connectivity index (χ1v) is 5.96. The van der Waals surface area contributed by atoms with Crippen LogP contribution >= 0.6 is 0 Å². The van der Waals surface area contributed by atoms with Crippen LogP contribution in [0.15, 0.2) is 36.5 Å². The van der Waals surface area contributed by atoms with Gasteiger partial charge in [0.25, 0.3) is 0 Å². The Kier molecular flexibility index (Phi) is 4.25. The lowest BCUT2D eigenvalue weighted by atomic mass is 10.2. The fourth-order valence-corrected chi connectivity index (χ4v) is 1.65. The summed E-state index contributed by atoms with van der Waals surface area (Å²) in [6, 6.07) is 6.45. The van der Waals surface area contributed by atoms with Crippen molar-refractivity contribution < 1.29 is 22.4 Å². The highest BCUT2D eigenvalue weighted by atomic mass is 19.4. The van der Waals surface area contributed by atoms with Crippen molar-refractivity contribution >= 4 is 5.91 Å². The fraction of sp³-hybridized carbons (Fsp3) is 0.231. The second-order valence-electron chi connectivity index (χ2n) is 4.30. The number of hydrogen-bond acceptors (Lipinski definition) is 2. The Morgan fingerprint density at radius 3 is 2.67 bits per heavy atom. The average Bonchev–Trinajstić information content (AvgIpc) is 2.85. The summed E-state index contributed by atoms with van der Waals surface area (Å²) >= 11 is 0. The van der Waals surface area contributed by atoms with Gasteiger partial charge in [0.05, 0.1) is 0 Å². The predicted molar refractivity (Wildman–Crippen MR) is 65.5 cm³/mol. The number of benzene rings is 1. The molecule has 0 radical (unpaired) electrons. The SMILES string of the molecule is O=C(Cn1ccc(C(F)(F)F)n1)NCc1cccc(F)c1. The molecule has 1 aromatic carbocycles. The number of aromatic nitrogens is 2. The number of amides is 1. The van der Waals surface area contributed by atoms with E-state index in [9.17, 15) is 22.4 Å². The summed E-state index contributed by atoms with van der Waals surface area (Å²) in [4.78, 5) is 11.6. The van der Waals surface area contributed by atoms with E-state index in [4.69, 9.17) is 0 Å². The zero-order valence-corrected chi connectivity index (χ0v) is 10.7. The number of nitrogens with zero attached hydrogens (tertiary/aromatic N) is 2. The van der Waals surface area contributed by atoms with Gasteiger partial charge in [-0.15, -0.1) is 0 Å². The third kappa shape index (κ3) is 4.30. The molecule has 0 unspecified atom stereocenters. The molecule has 0 fully saturated rings. The minimum atomic E-state index is -4.54. The van der Waals surface area contributed by atoms with Crippen LogP contribution in [0, 0.1) is 5.82 Å². The van der Waals surface area contributed by atoms with Crippen LogP contribution in [0.4, 0.5) is 17.6 Å². The van der Waals surface area contributed by atoms with E-state index >= 15 is 0 Å². The molecule has 0 aliphatic rings. The third-order valence-electron chi connectivity index (χ3n) is 2.62. The summed E-state index contributed by atoms with van der Waals surface area (Å²) < 4.78 is 50.8. The van der Waals surface area contributed by atoms with Crippen molar-refractivity contribution in [2.24, 2.45) is 0 Å². The van der Waals surface area contributed by atoms with Crippen molar-refractivity contribution in [3.8, 4) is 0 Å². The van der Waals surface area contributed by atoms with Gasteiger partial charge < -0.3 is 5.32 Å². The normalized spacial score (nSPS) is 11.4. The highest BCUT2D eigenvalue weighted by Gasteiger charge is 2.33. The van der Waals surface area contributed by atoms with Crippen molar-refractivity contribution in [3.05, 3.63) is 53.6 Å². The second kappa shape index (κ2) is 5.94. The van der Waals surface area contributed by atoms with Gasteiger partial charge in [-0.3, -0.25) is 9.48 Å². The molecule has 0 saturated carbocycles. The van der Waals surface area contributed by atoms with Crippen LogP contribution in [0.3, 0.4) is 0 Å². The van der Waals surface area contributed by atoms with Crippen LogP contribution in [0.1, 0.15) is 11.3 Å². The van der Waals surface area contributed by atoms with Gasteiger partial charge in [0.15, 0.2) is 5.69 Å². The highest BCUT2D eigenvalue weighted by Crippen LogP contribution is 2.27. The molecular formula is C13H11F4N3O. The molecule has 0 bridgehead atoms. The van der Waals surface area contributed by atoms with Gasteiger partial charge in [0.2, 0.25) is 5.91 Å². The molecule has 0 spiro atoms. The standard InChI is InChI=1S/C13H11F4N3O/c14-10-3-1-2-9(6-10)7-18-12(21)8-20-5-4-11(19-20)13(15,16)17/h1-6H,7-8H2,(H,18,21). The molecule has 4 nitrogen and oxygen atoms in total. The molecule has 0 atom stereocenters. The summed E-state index contributed by atoms with van der Waals surface area (Å²) in [6.07, 6.45) is -3.46. The van der Waals surface area contributed by atoms with Gasteiger partial charge >= 0.3 is 6.18 Å². The minimum Gasteiger partial charge on any atom is -0.350 e. The summed E-state index contributed by atoms with van der Waals surface area (Å²) in [6.45, 7) is -0.255. The highest BCUT2D eigenvalue weighted by molar-refractivity contribution is 5.75. The van der Waals surface area contributed by atoms with Crippen molar-refractivity contribution in [3.63, 3.8) is 0 Å². The van der Waals surface area contributed by atoms with Crippen LogP contribution in [0.2, 0.25) is 0 Å².